The largest absolute Gasteiger partial charge is 0.337 e. The van der Waals surface area contributed by atoms with Gasteiger partial charge in [0.05, 0.1) is 17.6 Å². The van der Waals surface area contributed by atoms with Crippen molar-refractivity contribution in [1.29, 1.82) is 0 Å². The quantitative estimate of drug-likeness (QED) is 0.584. The molecule has 0 radical (unpaired) electrons. The number of hydrogen-bond acceptors (Lipinski definition) is 7. The first-order valence-electron chi connectivity index (χ1n) is 7.44. The molecule has 0 unspecified atom stereocenters. The van der Waals surface area contributed by atoms with Gasteiger partial charge in [0.2, 0.25) is 0 Å². The van der Waals surface area contributed by atoms with Gasteiger partial charge < -0.3 is 9.47 Å². The van der Waals surface area contributed by atoms with Crippen LogP contribution in [0.1, 0.15) is 38.4 Å². The number of rotatable bonds is 7. The Morgan fingerprint density at radius 2 is 1.92 bits per heavy atom. The molecule has 0 aliphatic carbocycles. The maximum absolute atomic E-state index is 11.7. The highest BCUT2D eigenvalue weighted by molar-refractivity contribution is 7.84. The van der Waals surface area contributed by atoms with Gasteiger partial charge in [0.25, 0.3) is 5.69 Å². The Morgan fingerprint density at radius 3 is 2.46 bits per heavy atom. The summed E-state index contributed by atoms with van der Waals surface area (Å²) in [6, 6.07) is 5.99. The fourth-order valence-corrected chi connectivity index (χ4v) is 3.15. The van der Waals surface area contributed by atoms with E-state index in [9.17, 15) is 18.5 Å². The highest BCUT2D eigenvalue weighted by Crippen LogP contribution is 2.43. The van der Waals surface area contributed by atoms with Gasteiger partial charge in [-0.1, -0.05) is 26.0 Å². The number of benzene rings is 1. The Balaban J connectivity index is 2.46. The SMILES string of the molecule is CCC1(CC)O[C@@H](NS(=O)(=O)OC)[C@@H](c2ccccc2[N+](=O)[O-])O1. The van der Waals surface area contributed by atoms with E-state index in [4.69, 9.17) is 9.47 Å². The van der Waals surface area contributed by atoms with E-state index < -0.39 is 33.3 Å². The van der Waals surface area contributed by atoms with E-state index in [-0.39, 0.29) is 11.3 Å². The molecule has 24 heavy (non-hydrogen) atoms. The summed E-state index contributed by atoms with van der Waals surface area (Å²) in [5, 5.41) is 11.3. The van der Waals surface area contributed by atoms with Crippen LogP contribution in [0.5, 0.6) is 0 Å². The van der Waals surface area contributed by atoms with Gasteiger partial charge >= 0.3 is 10.3 Å². The average Bonchev–Trinajstić information content (AvgIpc) is 2.93. The van der Waals surface area contributed by atoms with Crippen LogP contribution >= 0.6 is 0 Å². The highest BCUT2D eigenvalue weighted by Gasteiger charge is 2.49. The third-order valence-corrected chi connectivity index (χ3v) is 4.92. The molecule has 10 heteroatoms. The summed E-state index contributed by atoms with van der Waals surface area (Å²) < 4.78 is 41.8. The van der Waals surface area contributed by atoms with Crippen molar-refractivity contribution >= 4 is 16.0 Å². The van der Waals surface area contributed by atoms with Gasteiger partial charge in [0.15, 0.2) is 12.0 Å². The third-order valence-electron chi connectivity index (χ3n) is 3.96. The number of ether oxygens (including phenoxy) is 2. The highest BCUT2D eigenvalue weighted by atomic mass is 32.2. The lowest BCUT2D eigenvalue weighted by Crippen LogP contribution is -2.40. The van der Waals surface area contributed by atoms with Crippen molar-refractivity contribution in [2.75, 3.05) is 7.11 Å². The molecule has 1 saturated heterocycles. The first kappa shape index (κ1) is 18.7. The van der Waals surface area contributed by atoms with Crippen molar-refractivity contribution < 1.29 is 27.0 Å². The fourth-order valence-electron chi connectivity index (χ4n) is 2.59. The van der Waals surface area contributed by atoms with E-state index in [1.807, 2.05) is 13.8 Å². The molecule has 134 valence electrons. The van der Waals surface area contributed by atoms with Gasteiger partial charge in [0, 0.05) is 6.07 Å². The molecule has 0 saturated carbocycles. The minimum atomic E-state index is -4.07. The Hall–Kier alpha value is -1.59. The molecule has 0 aromatic heterocycles. The molecule has 0 amide bonds. The Morgan fingerprint density at radius 1 is 1.29 bits per heavy atom. The zero-order valence-corrected chi connectivity index (χ0v) is 14.4. The van der Waals surface area contributed by atoms with Crippen LogP contribution < -0.4 is 4.72 Å². The first-order valence-corrected chi connectivity index (χ1v) is 8.85. The summed E-state index contributed by atoms with van der Waals surface area (Å²) in [6.07, 6.45) is -1.22. The lowest BCUT2D eigenvalue weighted by molar-refractivity contribution is -0.386. The normalized spacial score (nSPS) is 23.3. The van der Waals surface area contributed by atoms with Crippen LogP contribution in [0, 0.1) is 10.1 Å². The predicted octanol–water partition coefficient (Wildman–Crippen LogP) is 2.01. The Labute approximate surface area is 140 Å². The number of hydrogen-bond donors (Lipinski definition) is 1. The van der Waals surface area contributed by atoms with Crippen molar-refractivity contribution in [3.05, 3.63) is 39.9 Å². The lowest BCUT2D eigenvalue weighted by Gasteiger charge is -2.24. The second-order valence-corrected chi connectivity index (χ2v) is 6.73. The average molecular weight is 360 g/mol. The molecule has 1 fully saturated rings. The van der Waals surface area contributed by atoms with E-state index in [1.54, 1.807) is 6.07 Å². The van der Waals surface area contributed by atoms with Crippen molar-refractivity contribution in [1.82, 2.24) is 4.72 Å². The third kappa shape index (κ3) is 3.73. The summed E-state index contributed by atoms with van der Waals surface area (Å²) in [4.78, 5) is 10.7. The molecule has 1 heterocycles. The second-order valence-electron chi connectivity index (χ2n) is 5.25. The maximum Gasteiger partial charge on any atom is 0.337 e. The van der Waals surface area contributed by atoms with Gasteiger partial charge in [0.1, 0.15) is 6.10 Å². The monoisotopic (exact) mass is 360 g/mol. The first-order chi connectivity index (χ1) is 11.3. The number of para-hydroxylation sites is 1. The van der Waals surface area contributed by atoms with Gasteiger partial charge in [-0.2, -0.15) is 13.1 Å². The summed E-state index contributed by atoms with van der Waals surface area (Å²) >= 11 is 0. The molecular weight excluding hydrogens is 340 g/mol. The van der Waals surface area contributed by atoms with Crippen LogP contribution in [0.3, 0.4) is 0 Å². The number of nitrogens with one attached hydrogen (secondary N) is 1. The van der Waals surface area contributed by atoms with E-state index in [2.05, 4.69) is 8.91 Å². The Kier molecular flexibility index (Phi) is 5.56. The topological polar surface area (TPSA) is 117 Å². The maximum atomic E-state index is 11.7. The Bertz CT molecular complexity index is 703. The zero-order chi connectivity index (χ0) is 18.0. The molecule has 1 aromatic rings. The summed E-state index contributed by atoms with van der Waals surface area (Å²) in [6.45, 7) is 3.65. The number of nitro benzene ring substituents is 1. The molecule has 2 atom stereocenters. The fraction of sp³-hybridized carbons (Fsp3) is 0.571. The van der Waals surface area contributed by atoms with Crippen LogP contribution in [-0.4, -0.2) is 32.5 Å². The van der Waals surface area contributed by atoms with Crippen LogP contribution in [0.15, 0.2) is 24.3 Å². The van der Waals surface area contributed by atoms with Crippen LogP contribution in [0.4, 0.5) is 5.69 Å². The van der Waals surface area contributed by atoms with Crippen LogP contribution in [-0.2, 0) is 24.0 Å². The van der Waals surface area contributed by atoms with Crippen LogP contribution in [0.2, 0.25) is 0 Å². The molecule has 1 aliphatic rings. The van der Waals surface area contributed by atoms with Crippen molar-refractivity contribution in [2.24, 2.45) is 0 Å². The molecule has 1 aliphatic heterocycles. The number of nitrogens with zero attached hydrogens (tertiary/aromatic N) is 1. The van der Waals surface area contributed by atoms with Crippen LogP contribution in [0.25, 0.3) is 0 Å². The molecule has 0 bridgehead atoms. The number of nitro groups is 1. The van der Waals surface area contributed by atoms with E-state index >= 15 is 0 Å². The van der Waals surface area contributed by atoms with Crippen molar-refractivity contribution in [2.45, 2.75) is 44.8 Å². The molecule has 2 rings (SSSR count). The molecular formula is C14H20N2O7S. The van der Waals surface area contributed by atoms with E-state index in [0.717, 1.165) is 7.11 Å². The molecule has 9 nitrogen and oxygen atoms in total. The summed E-state index contributed by atoms with van der Waals surface area (Å²) in [5.74, 6) is -1.03. The minimum absolute atomic E-state index is 0.171. The summed E-state index contributed by atoms with van der Waals surface area (Å²) in [7, 11) is -3.06. The smallest absolute Gasteiger partial charge is 0.337 e. The second kappa shape index (κ2) is 7.11. The van der Waals surface area contributed by atoms with Crippen molar-refractivity contribution in [3.8, 4) is 0 Å². The van der Waals surface area contributed by atoms with Gasteiger partial charge in [-0.15, -0.1) is 0 Å². The zero-order valence-electron chi connectivity index (χ0n) is 13.6. The van der Waals surface area contributed by atoms with Gasteiger partial charge in [-0.25, -0.2) is 0 Å². The lowest BCUT2D eigenvalue weighted by atomic mass is 10.1. The summed E-state index contributed by atoms with van der Waals surface area (Å²) in [5.41, 5.74) is 0.0609. The van der Waals surface area contributed by atoms with Gasteiger partial charge in [-0.05, 0) is 18.9 Å². The van der Waals surface area contributed by atoms with Gasteiger partial charge in [-0.3, -0.25) is 14.3 Å². The molecule has 1 N–H and O–H groups in total. The van der Waals surface area contributed by atoms with E-state index in [0.29, 0.717) is 12.8 Å². The predicted molar refractivity (Wildman–Crippen MR) is 84.2 cm³/mol. The van der Waals surface area contributed by atoms with Crippen molar-refractivity contribution in [3.63, 3.8) is 0 Å². The molecule has 1 aromatic carbocycles. The van der Waals surface area contributed by atoms with E-state index in [1.165, 1.54) is 18.2 Å². The minimum Gasteiger partial charge on any atom is -0.337 e. The standard InChI is InChI=1S/C14H20N2O7S/c1-4-14(5-2)22-12(13(23-14)15-24(19,20)21-3)10-8-6-7-9-11(10)16(17)18/h6-9,12-13,15H,4-5H2,1-3H3/t12-,13-/m1/s1. The molecule has 0 spiro atoms.